The summed E-state index contributed by atoms with van der Waals surface area (Å²) < 4.78 is 0. The van der Waals surface area contributed by atoms with Crippen molar-refractivity contribution in [1.29, 1.82) is 0 Å². The van der Waals surface area contributed by atoms with E-state index in [1.54, 1.807) is 0 Å². The number of carboxylic acid groups (broad SMARTS) is 1. The molecular weight excluding hydrogens is 242 g/mol. The first-order chi connectivity index (χ1) is 8.40. The molecule has 1 aromatic carbocycles. The lowest BCUT2D eigenvalue weighted by Crippen LogP contribution is -2.37. The minimum absolute atomic E-state index is 0.117. The SMILES string of the molecule is NC(=O)CN(CC(=O)O)c1ccc([N+](=O)[O-])cc1. The molecule has 96 valence electrons. The second kappa shape index (κ2) is 5.62. The maximum Gasteiger partial charge on any atom is 0.323 e. The highest BCUT2D eigenvalue weighted by atomic mass is 16.6. The van der Waals surface area contributed by atoms with E-state index in [4.69, 9.17) is 10.8 Å². The molecule has 0 atom stereocenters. The maximum absolute atomic E-state index is 10.8. The Hall–Kier alpha value is -2.64. The summed E-state index contributed by atoms with van der Waals surface area (Å²) in [7, 11) is 0. The molecule has 0 aliphatic heterocycles. The molecule has 0 saturated heterocycles. The van der Waals surface area contributed by atoms with Crippen LogP contribution in [-0.2, 0) is 9.59 Å². The minimum atomic E-state index is -1.13. The lowest BCUT2D eigenvalue weighted by atomic mass is 10.2. The Morgan fingerprint density at radius 1 is 1.28 bits per heavy atom. The van der Waals surface area contributed by atoms with Crippen LogP contribution in [0.2, 0.25) is 0 Å². The average molecular weight is 253 g/mol. The van der Waals surface area contributed by atoms with Gasteiger partial charge >= 0.3 is 5.97 Å². The molecule has 1 aromatic rings. The van der Waals surface area contributed by atoms with E-state index in [0.29, 0.717) is 5.69 Å². The summed E-state index contributed by atoms with van der Waals surface area (Å²) in [5, 5.41) is 19.2. The van der Waals surface area contributed by atoms with Crippen LogP contribution in [-0.4, -0.2) is 35.0 Å². The number of carboxylic acids is 1. The Bertz CT molecular complexity index is 455. The number of nitro groups is 1. The summed E-state index contributed by atoms with van der Waals surface area (Å²) in [6, 6.07) is 5.18. The fraction of sp³-hybridized carbons (Fsp3) is 0.200. The Balaban J connectivity index is 2.93. The Morgan fingerprint density at radius 2 is 1.83 bits per heavy atom. The first-order valence-corrected chi connectivity index (χ1v) is 4.89. The highest BCUT2D eigenvalue weighted by molar-refractivity contribution is 5.82. The number of hydrogen-bond acceptors (Lipinski definition) is 5. The normalized spacial score (nSPS) is 9.78. The van der Waals surface area contributed by atoms with Crippen molar-refractivity contribution in [3.8, 4) is 0 Å². The zero-order valence-electron chi connectivity index (χ0n) is 9.28. The number of carbonyl (C=O) groups is 2. The van der Waals surface area contributed by atoms with E-state index >= 15 is 0 Å². The van der Waals surface area contributed by atoms with E-state index in [1.807, 2.05) is 0 Å². The van der Waals surface area contributed by atoms with Gasteiger partial charge in [0, 0.05) is 17.8 Å². The standard InChI is InChI=1S/C10H11N3O5/c11-9(14)5-12(6-10(15)16)7-1-3-8(4-2-7)13(17)18/h1-4H,5-6H2,(H2,11,14)(H,15,16). The molecule has 0 heterocycles. The quantitative estimate of drug-likeness (QED) is 0.541. The molecule has 0 aliphatic carbocycles. The molecule has 0 unspecified atom stereocenters. The summed E-state index contributed by atoms with van der Waals surface area (Å²) in [5.74, 6) is -1.82. The van der Waals surface area contributed by atoms with Crippen molar-refractivity contribution in [3.05, 3.63) is 34.4 Å². The van der Waals surface area contributed by atoms with Crippen molar-refractivity contribution in [3.63, 3.8) is 0 Å². The number of rotatable bonds is 6. The van der Waals surface area contributed by atoms with Gasteiger partial charge in [0.25, 0.3) is 5.69 Å². The number of nitrogens with two attached hydrogens (primary N) is 1. The van der Waals surface area contributed by atoms with Gasteiger partial charge in [-0.2, -0.15) is 0 Å². The summed E-state index contributed by atoms with van der Waals surface area (Å²) in [5.41, 5.74) is 5.26. The van der Waals surface area contributed by atoms with Gasteiger partial charge in [0.15, 0.2) is 0 Å². The van der Waals surface area contributed by atoms with E-state index in [0.717, 1.165) is 0 Å². The summed E-state index contributed by atoms with van der Waals surface area (Å²) in [4.78, 5) is 32.6. The molecule has 8 nitrogen and oxygen atoms in total. The zero-order valence-corrected chi connectivity index (χ0v) is 9.28. The second-order valence-corrected chi connectivity index (χ2v) is 3.49. The molecule has 8 heteroatoms. The summed E-state index contributed by atoms with van der Waals surface area (Å²) >= 11 is 0. The molecule has 0 spiro atoms. The molecule has 0 aliphatic rings. The van der Waals surface area contributed by atoms with Gasteiger partial charge in [-0.25, -0.2) is 0 Å². The fourth-order valence-electron chi connectivity index (χ4n) is 1.38. The van der Waals surface area contributed by atoms with Crippen LogP contribution < -0.4 is 10.6 Å². The lowest BCUT2D eigenvalue weighted by molar-refractivity contribution is -0.384. The van der Waals surface area contributed by atoms with Gasteiger partial charge in [-0.3, -0.25) is 19.7 Å². The molecule has 0 aromatic heterocycles. The van der Waals surface area contributed by atoms with E-state index < -0.39 is 23.3 Å². The van der Waals surface area contributed by atoms with Crippen molar-refractivity contribution in [2.45, 2.75) is 0 Å². The van der Waals surface area contributed by atoms with Gasteiger partial charge in [0.05, 0.1) is 11.5 Å². The molecule has 0 bridgehead atoms. The van der Waals surface area contributed by atoms with Crippen molar-refractivity contribution < 1.29 is 19.6 Å². The average Bonchev–Trinajstić information content (AvgIpc) is 2.27. The molecule has 1 amide bonds. The van der Waals surface area contributed by atoms with E-state index in [1.165, 1.54) is 29.2 Å². The molecule has 0 radical (unpaired) electrons. The van der Waals surface area contributed by atoms with Crippen molar-refractivity contribution in [2.24, 2.45) is 5.73 Å². The largest absolute Gasteiger partial charge is 0.480 e. The number of hydrogen-bond donors (Lipinski definition) is 2. The van der Waals surface area contributed by atoms with Crippen LogP contribution in [0.5, 0.6) is 0 Å². The molecule has 0 saturated carbocycles. The number of nitrogens with zero attached hydrogens (tertiary/aromatic N) is 2. The molecule has 3 N–H and O–H groups in total. The zero-order chi connectivity index (χ0) is 13.7. The molecular formula is C10H11N3O5. The maximum atomic E-state index is 10.8. The Kier molecular flexibility index (Phi) is 4.19. The fourth-order valence-corrected chi connectivity index (χ4v) is 1.38. The second-order valence-electron chi connectivity index (χ2n) is 3.49. The third-order valence-electron chi connectivity index (χ3n) is 2.10. The summed E-state index contributed by atoms with van der Waals surface area (Å²) in [6.45, 7) is -0.690. The number of aliphatic carboxylic acids is 1. The van der Waals surface area contributed by atoms with E-state index in [-0.39, 0.29) is 12.2 Å². The van der Waals surface area contributed by atoms with Gasteiger partial charge in [0.2, 0.25) is 5.91 Å². The predicted octanol–water partition coefficient (Wildman–Crippen LogP) is -0.0289. The van der Waals surface area contributed by atoms with Crippen molar-refractivity contribution in [1.82, 2.24) is 0 Å². The summed E-state index contributed by atoms with van der Waals surface area (Å²) in [6.07, 6.45) is 0. The first-order valence-electron chi connectivity index (χ1n) is 4.89. The van der Waals surface area contributed by atoms with E-state index in [9.17, 15) is 19.7 Å². The lowest BCUT2D eigenvalue weighted by Gasteiger charge is -2.20. The predicted molar refractivity (Wildman–Crippen MR) is 62.1 cm³/mol. The van der Waals surface area contributed by atoms with Crippen LogP contribution in [0.3, 0.4) is 0 Å². The number of primary amides is 1. The number of non-ortho nitro benzene ring substituents is 1. The van der Waals surface area contributed by atoms with Crippen LogP contribution >= 0.6 is 0 Å². The van der Waals surface area contributed by atoms with Crippen LogP contribution in [0.4, 0.5) is 11.4 Å². The van der Waals surface area contributed by atoms with Gasteiger partial charge in [-0.1, -0.05) is 0 Å². The van der Waals surface area contributed by atoms with Crippen LogP contribution in [0.15, 0.2) is 24.3 Å². The number of nitro benzene ring substituents is 1. The smallest absolute Gasteiger partial charge is 0.323 e. The van der Waals surface area contributed by atoms with Crippen LogP contribution in [0.25, 0.3) is 0 Å². The highest BCUT2D eigenvalue weighted by Crippen LogP contribution is 2.18. The Morgan fingerprint density at radius 3 is 2.22 bits per heavy atom. The van der Waals surface area contributed by atoms with Gasteiger partial charge < -0.3 is 15.7 Å². The van der Waals surface area contributed by atoms with Crippen LogP contribution in [0, 0.1) is 10.1 Å². The van der Waals surface area contributed by atoms with Gasteiger partial charge in [-0.15, -0.1) is 0 Å². The van der Waals surface area contributed by atoms with E-state index in [2.05, 4.69) is 0 Å². The first kappa shape index (κ1) is 13.4. The number of carbonyl (C=O) groups excluding carboxylic acids is 1. The minimum Gasteiger partial charge on any atom is -0.480 e. The third-order valence-corrected chi connectivity index (χ3v) is 2.10. The van der Waals surface area contributed by atoms with Crippen LogP contribution in [0.1, 0.15) is 0 Å². The van der Waals surface area contributed by atoms with Crippen molar-refractivity contribution >= 4 is 23.3 Å². The highest BCUT2D eigenvalue weighted by Gasteiger charge is 2.14. The number of amides is 1. The monoisotopic (exact) mass is 253 g/mol. The Labute approximate surface area is 102 Å². The molecule has 1 rings (SSSR count). The third kappa shape index (κ3) is 3.74. The topological polar surface area (TPSA) is 127 Å². The molecule has 18 heavy (non-hydrogen) atoms. The van der Waals surface area contributed by atoms with Gasteiger partial charge in [-0.05, 0) is 12.1 Å². The number of benzene rings is 1. The van der Waals surface area contributed by atoms with Gasteiger partial charge in [0.1, 0.15) is 6.54 Å². The van der Waals surface area contributed by atoms with Crippen molar-refractivity contribution in [2.75, 3.05) is 18.0 Å². The molecule has 0 fully saturated rings. The number of anilines is 1.